The molecule has 1 atom stereocenters. The van der Waals surface area contributed by atoms with Gasteiger partial charge in [-0.15, -0.1) is 0 Å². The van der Waals surface area contributed by atoms with Crippen LogP contribution in [0.25, 0.3) is 0 Å². The van der Waals surface area contributed by atoms with Gasteiger partial charge in [0.2, 0.25) is 0 Å². The molecular weight excluding hydrogens is 242 g/mol. The fourth-order valence-corrected chi connectivity index (χ4v) is 2.20. The van der Waals surface area contributed by atoms with Crippen LogP contribution >= 0.6 is 0 Å². The quantitative estimate of drug-likeness (QED) is 0.879. The zero-order valence-electron chi connectivity index (χ0n) is 11.6. The molecule has 1 saturated heterocycles. The lowest BCUT2D eigenvalue weighted by molar-refractivity contribution is 0.0587. The van der Waals surface area contributed by atoms with E-state index in [0.29, 0.717) is 12.1 Å². The van der Waals surface area contributed by atoms with Gasteiger partial charge in [-0.05, 0) is 31.9 Å². The van der Waals surface area contributed by atoms with E-state index in [4.69, 9.17) is 4.74 Å². The van der Waals surface area contributed by atoms with Gasteiger partial charge in [-0.3, -0.25) is 4.79 Å². The van der Waals surface area contributed by atoms with Crippen molar-refractivity contribution in [2.45, 2.75) is 25.9 Å². The minimum Gasteiger partial charge on any atom is -0.376 e. The molecule has 5 heteroatoms. The van der Waals surface area contributed by atoms with Crippen LogP contribution in [0.3, 0.4) is 0 Å². The van der Waals surface area contributed by atoms with Crippen molar-refractivity contribution in [1.82, 2.24) is 9.88 Å². The molecule has 1 fully saturated rings. The van der Waals surface area contributed by atoms with E-state index in [9.17, 15) is 4.79 Å². The third-order valence-electron chi connectivity index (χ3n) is 3.22. The largest absolute Gasteiger partial charge is 0.376 e. The van der Waals surface area contributed by atoms with Crippen molar-refractivity contribution in [1.29, 1.82) is 0 Å². The number of aromatic nitrogens is 1. The highest BCUT2D eigenvalue weighted by atomic mass is 16.5. The molecule has 1 unspecified atom stereocenters. The molecule has 1 aliphatic heterocycles. The second-order valence-electron chi connectivity index (χ2n) is 4.78. The Balaban J connectivity index is 1.93. The molecule has 0 radical (unpaired) electrons. The minimum absolute atomic E-state index is 0.00829. The summed E-state index contributed by atoms with van der Waals surface area (Å²) in [6.45, 7) is 4.29. The Hall–Kier alpha value is -1.62. The summed E-state index contributed by atoms with van der Waals surface area (Å²) in [7, 11) is 1.81. The molecule has 1 N–H and O–H groups in total. The average Bonchev–Trinajstić information content (AvgIpc) is 2.92. The van der Waals surface area contributed by atoms with Crippen LogP contribution in [-0.4, -0.2) is 48.6 Å². The minimum atomic E-state index is -0.00829. The zero-order valence-corrected chi connectivity index (χ0v) is 11.6. The normalized spacial score (nSPS) is 18.3. The van der Waals surface area contributed by atoms with Gasteiger partial charge < -0.3 is 15.0 Å². The number of likely N-dealkylation sites (N-methyl/N-ethyl adjacent to an activating group) is 1. The van der Waals surface area contributed by atoms with Gasteiger partial charge in [0.15, 0.2) is 0 Å². The lowest BCUT2D eigenvalue weighted by Crippen LogP contribution is -2.34. The van der Waals surface area contributed by atoms with Crippen LogP contribution in [0.1, 0.15) is 30.1 Å². The first kappa shape index (κ1) is 13.8. The summed E-state index contributed by atoms with van der Waals surface area (Å²) in [6.07, 6.45) is 3.93. The number of ether oxygens (including phenoxy) is 1. The molecular formula is C14H21N3O2. The summed E-state index contributed by atoms with van der Waals surface area (Å²) in [5.41, 5.74) is 0.613. The van der Waals surface area contributed by atoms with Crippen molar-refractivity contribution in [2.24, 2.45) is 0 Å². The maximum atomic E-state index is 12.2. The Morgan fingerprint density at radius 3 is 3.00 bits per heavy atom. The van der Waals surface area contributed by atoms with Crippen LogP contribution in [0.5, 0.6) is 0 Å². The van der Waals surface area contributed by atoms with E-state index in [1.807, 2.05) is 20.0 Å². The predicted octanol–water partition coefficient (Wildman–Crippen LogP) is 1.76. The van der Waals surface area contributed by atoms with Gasteiger partial charge in [-0.1, -0.05) is 0 Å². The first-order valence-corrected chi connectivity index (χ1v) is 6.77. The maximum absolute atomic E-state index is 12.2. The summed E-state index contributed by atoms with van der Waals surface area (Å²) >= 11 is 0. The van der Waals surface area contributed by atoms with Gasteiger partial charge >= 0.3 is 0 Å². The SMILES string of the molecule is CCNc1ccc(C(=O)N(C)CC2CCCO2)cn1. The topological polar surface area (TPSA) is 54.5 Å². The highest BCUT2D eigenvalue weighted by Crippen LogP contribution is 2.14. The molecule has 1 aromatic rings. The maximum Gasteiger partial charge on any atom is 0.255 e. The summed E-state index contributed by atoms with van der Waals surface area (Å²) in [5, 5.41) is 3.11. The van der Waals surface area contributed by atoms with E-state index in [0.717, 1.165) is 31.8 Å². The predicted molar refractivity (Wildman–Crippen MR) is 74.3 cm³/mol. The number of rotatable bonds is 5. The second kappa shape index (κ2) is 6.52. The Labute approximate surface area is 114 Å². The third kappa shape index (κ3) is 3.67. The number of pyridine rings is 1. The summed E-state index contributed by atoms with van der Waals surface area (Å²) in [5.74, 6) is 0.784. The van der Waals surface area contributed by atoms with Crippen LogP contribution in [0.15, 0.2) is 18.3 Å². The van der Waals surface area contributed by atoms with Gasteiger partial charge in [0.05, 0.1) is 11.7 Å². The number of anilines is 1. The van der Waals surface area contributed by atoms with E-state index in [2.05, 4.69) is 10.3 Å². The van der Waals surface area contributed by atoms with E-state index in [-0.39, 0.29) is 12.0 Å². The summed E-state index contributed by atoms with van der Waals surface area (Å²) < 4.78 is 5.54. The standard InChI is InChI=1S/C14H21N3O2/c1-3-15-13-7-6-11(9-16-13)14(18)17(2)10-12-5-4-8-19-12/h6-7,9,12H,3-5,8,10H2,1-2H3,(H,15,16). The van der Waals surface area contributed by atoms with Crippen molar-refractivity contribution < 1.29 is 9.53 Å². The molecule has 0 aliphatic carbocycles. The lowest BCUT2D eigenvalue weighted by Gasteiger charge is -2.20. The van der Waals surface area contributed by atoms with Gasteiger partial charge in [0.1, 0.15) is 5.82 Å². The number of carbonyl (C=O) groups is 1. The van der Waals surface area contributed by atoms with Crippen LogP contribution in [0.4, 0.5) is 5.82 Å². The summed E-state index contributed by atoms with van der Waals surface area (Å²) in [6, 6.07) is 3.63. The van der Waals surface area contributed by atoms with Gasteiger partial charge in [-0.2, -0.15) is 0 Å². The molecule has 19 heavy (non-hydrogen) atoms. The molecule has 5 nitrogen and oxygen atoms in total. The van der Waals surface area contributed by atoms with Crippen LogP contribution in [0.2, 0.25) is 0 Å². The molecule has 1 aromatic heterocycles. The molecule has 2 rings (SSSR count). The second-order valence-corrected chi connectivity index (χ2v) is 4.78. The number of nitrogens with one attached hydrogen (secondary N) is 1. The van der Waals surface area contributed by atoms with Crippen LogP contribution in [-0.2, 0) is 4.74 Å². The number of hydrogen-bond acceptors (Lipinski definition) is 4. The molecule has 1 amide bonds. The zero-order chi connectivity index (χ0) is 13.7. The first-order chi connectivity index (χ1) is 9.20. The number of nitrogens with zero attached hydrogens (tertiary/aromatic N) is 2. The van der Waals surface area contributed by atoms with E-state index >= 15 is 0 Å². The van der Waals surface area contributed by atoms with Gasteiger partial charge in [0, 0.05) is 32.9 Å². The lowest BCUT2D eigenvalue weighted by atomic mass is 10.2. The van der Waals surface area contributed by atoms with Crippen LogP contribution < -0.4 is 5.32 Å². The van der Waals surface area contributed by atoms with Crippen molar-refractivity contribution in [3.63, 3.8) is 0 Å². The van der Waals surface area contributed by atoms with Crippen molar-refractivity contribution in [3.05, 3.63) is 23.9 Å². The third-order valence-corrected chi connectivity index (χ3v) is 3.22. The van der Waals surface area contributed by atoms with E-state index in [1.165, 1.54) is 0 Å². The summed E-state index contributed by atoms with van der Waals surface area (Å²) in [4.78, 5) is 18.1. The Morgan fingerprint density at radius 2 is 2.42 bits per heavy atom. The van der Waals surface area contributed by atoms with Crippen molar-refractivity contribution in [3.8, 4) is 0 Å². The Morgan fingerprint density at radius 1 is 1.58 bits per heavy atom. The average molecular weight is 263 g/mol. The highest BCUT2D eigenvalue weighted by Gasteiger charge is 2.20. The van der Waals surface area contributed by atoms with Crippen molar-refractivity contribution >= 4 is 11.7 Å². The van der Waals surface area contributed by atoms with E-state index in [1.54, 1.807) is 17.2 Å². The first-order valence-electron chi connectivity index (χ1n) is 6.77. The molecule has 2 heterocycles. The fraction of sp³-hybridized carbons (Fsp3) is 0.571. The molecule has 0 saturated carbocycles. The number of hydrogen-bond donors (Lipinski definition) is 1. The van der Waals surface area contributed by atoms with Gasteiger partial charge in [-0.25, -0.2) is 4.98 Å². The van der Waals surface area contributed by atoms with Gasteiger partial charge in [0.25, 0.3) is 5.91 Å². The smallest absolute Gasteiger partial charge is 0.255 e. The highest BCUT2D eigenvalue weighted by molar-refractivity contribution is 5.93. The van der Waals surface area contributed by atoms with Crippen LogP contribution in [0, 0.1) is 0 Å². The Kier molecular flexibility index (Phi) is 4.74. The monoisotopic (exact) mass is 263 g/mol. The number of carbonyl (C=O) groups excluding carboxylic acids is 1. The molecule has 0 spiro atoms. The molecule has 104 valence electrons. The molecule has 0 aromatic carbocycles. The van der Waals surface area contributed by atoms with Crippen molar-refractivity contribution in [2.75, 3.05) is 32.1 Å². The Bertz CT molecular complexity index is 413. The molecule has 0 bridgehead atoms. The van der Waals surface area contributed by atoms with E-state index < -0.39 is 0 Å². The fourth-order valence-electron chi connectivity index (χ4n) is 2.20. The molecule has 1 aliphatic rings. The number of amides is 1.